The molecule has 2 amide bonds. The molecular formula is C21H25BrN2O3. The molecule has 1 N–H and O–H groups in total. The summed E-state index contributed by atoms with van der Waals surface area (Å²) >= 11 is 3.44. The summed E-state index contributed by atoms with van der Waals surface area (Å²) in [5, 5.41) is 2.86. The van der Waals surface area contributed by atoms with Gasteiger partial charge in [0.15, 0.2) is 6.61 Å². The zero-order valence-electron chi connectivity index (χ0n) is 15.7. The maximum atomic E-state index is 12.8. The number of nitrogens with zero attached hydrogens (tertiary/aromatic N) is 1. The van der Waals surface area contributed by atoms with Gasteiger partial charge in [0.1, 0.15) is 11.8 Å². The van der Waals surface area contributed by atoms with E-state index in [-0.39, 0.29) is 18.4 Å². The van der Waals surface area contributed by atoms with Crippen molar-refractivity contribution >= 4 is 27.7 Å². The molecule has 0 aliphatic rings. The fraction of sp³-hybridized carbons (Fsp3) is 0.333. The monoisotopic (exact) mass is 432 g/mol. The summed E-state index contributed by atoms with van der Waals surface area (Å²) in [6.07, 6.45) is 0.842. The normalized spacial score (nSPS) is 11.5. The third-order valence-corrected chi connectivity index (χ3v) is 4.56. The predicted molar refractivity (Wildman–Crippen MR) is 109 cm³/mol. The van der Waals surface area contributed by atoms with Gasteiger partial charge in [-0.1, -0.05) is 53.2 Å². The van der Waals surface area contributed by atoms with Gasteiger partial charge in [0.25, 0.3) is 5.91 Å². The van der Waals surface area contributed by atoms with Gasteiger partial charge in [0.2, 0.25) is 5.91 Å². The number of halogens is 1. The van der Waals surface area contributed by atoms with Crippen LogP contribution in [-0.2, 0) is 16.1 Å². The van der Waals surface area contributed by atoms with Crippen molar-refractivity contribution in [2.75, 3.05) is 13.2 Å². The molecule has 1 unspecified atom stereocenters. The lowest BCUT2D eigenvalue weighted by Crippen LogP contribution is -2.49. The van der Waals surface area contributed by atoms with Crippen molar-refractivity contribution < 1.29 is 14.3 Å². The number of hydrogen-bond acceptors (Lipinski definition) is 3. The van der Waals surface area contributed by atoms with Crippen LogP contribution in [0.3, 0.4) is 0 Å². The first-order valence-corrected chi connectivity index (χ1v) is 9.80. The zero-order valence-corrected chi connectivity index (χ0v) is 17.2. The van der Waals surface area contributed by atoms with E-state index < -0.39 is 6.04 Å². The van der Waals surface area contributed by atoms with Crippen LogP contribution in [0, 0.1) is 0 Å². The number of carbonyl (C=O) groups is 2. The lowest BCUT2D eigenvalue weighted by atomic mass is 10.1. The minimum Gasteiger partial charge on any atom is -0.484 e. The molecule has 1 atom stereocenters. The van der Waals surface area contributed by atoms with Crippen LogP contribution in [-0.4, -0.2) is 35.9 Å². The molecule has 0 saturated carbocycles. The van der Waals surface area contributed by atoms with Crippen LogP contribution in [0.4, 0.5) is 0 Å². The second-order valence-electron chi connectivity index (χ2n) is 6.22. The van der Waals surface area contributed by atoms with Crippen LogP contribution < -0.4 is 10.1 Å². The highest BCUT2D eigenvalue weighted by Gasteiger charge is 2.26. The van der Waals surface area contributed by atoms with E-state index in [0.717, 1.165) is 16.5 Å². The summed E-state index contributed by atoms with van der Waals surface area (Å²) in [6, 6.07) is 16.3. The standard InChI is InChI=1S/C21H25BrN2O3/c1-3-12-23-21(26)16(2)24(14-17-8-7-9-18(22)13-17)20(25)15-27-19-10-5-4-6-11-19/h4-11,13,16H,3,12,14-15H2,1-2H3,(H,23,26). The average molecular weight is 433 g/mol. The Kier molecular flexibility index (Phi) is 8.33. The molecule has 2 aromatic rings. The smallest absolute Gasteiger partial charge is 0.261 e. The van der Waals surface area contributed by atoms with Crippen molar-refractivity contribution in [2.45, 2.75) is 32.9 Å². The van der Waals surface area contributed by atoms with E-state index in [4.69, 9.17) is 4.74 Å². The molecule has 0 saturated heterocycles. The first kappa shape index (κ1) is 21.0. The largest absolute Gasteiger partial charge is 0.484 e. The molecule has 0 fully saturated rings. The van der Waals surface area contributed by atoms with Crippen LogP contribution in [0.25, 0.3) is 0 Å². The maximum Gasteiger partial charge on any atom is 0.261 e. The van der Waals surface area contributed by atoms with Gasteiger partial charge in [0.05, 0.1) is 0 Å². The van der Waals surface area contributed by atoms with E-state index in [0.29, 0.717) is 18.8 Å². The highest BCUT2D eigenvalue weighted by atomic mass is 79.9. The summed E-state index contributed by atoms with van der Waals surface area (Å²) in [4.78, 5) is 26.8. The van der Waals surface area contributed by atoms with Gasteiger partial charge in [-0.05, 0) is 43.2 Å². The van der Waals surface area contributed by atoms with Crippen molar-refractivity contribution in [1.29, 1.82) is 0 Å². The molecule has 2 aromatic carbocycles. The molecule has 0 aliphatic carbocycles. The van der Waals surface area contributed by atoms with Crippen molar-refractivity contribution in [3.05, 3.63) is 64.6 Å². The van der Waals surface area contributed by atoms with Crippen LogP contribution in [0.5, 0.6) is 5.75 Å². The second kappa shape index (κ2) is 10.7. The summed E-state index contributed by atoms with van der Waals surface area (Å²) in [5.74, 6) is 0.217. The van der Waals surface area contributed by atoms with Crippen molar-refractivity contribution in [3.8, 4) is 5.75 Å². The average Bonchev–Trinajstić information content (AvgIpc) is 2.68. The highest BCUT2D eigenvalue weighted by molar-refractivity contribution is 9.10. The zero-order chi connectivity index (χ0) is 19.6. The predicted octanol–water partition coefficient (Wildman–Crippen LogP) is 3.77. The highest BCUT2D eigenvalue weighted by Crippen LogP contribution is 2.16. The lowest BCUT2D eigenvalue weighted by molar-refractivity contribution is -0.142. The van der Waals surface area contributed by atoms with Crippen molar-refractivity contribution in [2.24, 2.45) is 0 Å². The van der Waals surface area contributed by atoms with Gasteiger partial charge in [0, 0.05) is 17.6 Å². The van der Waals surface area contributed by atoms with E-state index in [1.807, 2.05) is 49.4 Å². The van der Waals surface area contributed by atoms with Crippen LogP contribution in [0.2, 0.25) is 0 Å². The maximum absolute atomic E-state index is 12.8. The van der Waals surface area contributed by atoms with E-state index in [2.05, 4.69) is 21.2 Å². The number of nitrogens with one attached hydrogen (secondary N) is 1. The Balaban J connectivity index is 2.11. The van der Waals surface area contributed by atoms with Gasteiger partial charge < -0.3 is 15.0 Å². The summed E-state index contributed by atoms with van der Waals surface area (Å²) in [7, 11) is 0. The van der Waals surface area contributed by atoms with Crippen LogP contribution in [0.1, 0.15) is 25.8 Å². The Morgan fingerprint density at radius 1 is 1.15 bits per heavy atom. The number of ether oxygens (including phenoxy) is 1. The number of rotatable bonds is 9. The minimum absolute atomic E-state index is 0.122. The number of carbonyl (C=O) groups excluding carboxylic acids is 2. The molecule has 0 heterocycles. The molecule has 0 spiro atoms. The summed E-state index contributed by atoms with van der Waals surface area (Å²) < 4.78 is 6.52. The first-order valence-electron chi connectivity index (χ1n) is 9.00. The molecule has 0 aromatic heterocycles. The minimum atomic E-state index is -0.595. The number of amides is 2. The topological polar surface area (TPSA) is 58.6 Å². The third kappa shape index (κ3) is 6.71. The van der Waals surface area contributed by atoms with Crippen molar-refractivity contribution in [1.82, 2.24) is 10.2 Å². The Labute approximate surface area is 168 Å². The molecule has 6 heteroatoms. The van der Waals surface area contributed by atoms with Crippen molar-refractivity contribution in [3.63, 3.8) is 0 Å². The SMILES string of the molecule is CCCNC(=O)C(C)N(Cc1cccc(Br)c1)C(=O)COc1ccccc1. The molecular weight excluding hydrogens is 408 g/mol. The Morgan fingerprint density at radius 2 is 1.89 bits per heavy atom. The van der Waals surface area contributed by atoms with E-state index >= 15 is 0 Å². The van der Waals surface area contributed by atoms with Gasteiger partial charge in [-0.15, -0.1) is 0 Å². The molecule has 0 bridgehead atoms. The van der Waals surface area contributed by atoms with Gasteiger partial charge in [-0.3, -0.25) is 9.59 Å². The fourth-order valence-electron chi connectivity index (χ4n) is 2.56. The molecule has 0 radical (unpaired) electrons. The number of benzene rings is 2. The Bertz CT molecular complexity index is 752. The van der Waals surface area contributed by atoms with Gasteiger partial charge in [-0.25, -0.2) is 0 Å². The summed E-state index contributed by atoms with van der Waals surface area (Å²) in [6.45, 7) is 4.52. The summed E-state index contributed by atoms with van der Waals surface area (Å²) in [5.41, 5.74) is 0.938. The molecule has 27 heavy (non-hydrogen) atoms. The lowest BCUT2D eigenvalue weighted by Gasteiger charge is -2.28. The number of para-hydroxylation sites is 1. The molecule has 0 aliphatic heterocycles. The fourth-order valence-corrected chi connectivity index (χ4v) is 3.00. The van der Waals surface area contributed by atoms with Gasteiger partial charge in [-0.2, -0.15) is 0 Å². The Morgan fingerprint density at radius 3 is 2.56 bits per heavy atom. The van der Waals surface area contributed by atoms with E-state index in [9.17, 15) is 9.59 Å². The molecule has 2 rings (SSSR count). The Hall–Kier alpha value is -2.34. The molecule has 144 valence electrons. The third-order valence-electron chi connectivity index (χ3n) is 4.06. The number of hydrogen-bond donors (Lipinski definition) is 1. The molecule has 5 nitrogen and oxygen atoms in total. The second-order valence-corrected chi connectivity index (χ2v) is 7.14. The van der Waals surface area contributed by atoms with Gasteiger partial charge >= 0.3 is 0 Å². The van der Waals surface area contributed by atoms with Crippen LogP contribution in [0.15, 0.2) is 59.1 Å². The quantitative estimate of drug-likeness (QED) is 0.655. The van der Waals surface area contributed by atoms with E-state index in [1.54, 1.807) is 24.0 Å². The van der Waals surface area contributed by atoms with E-state index in [1.165, 1.54) is 0 Å². The van der Waals surface area contributed by atoms with Crippen LogP contribution >= 0.6 is 15.9 Å². The first-order chi connectivity index (χ1) is 13.0.